The van der Waals surface area contributed by atoms with E-state index in [1.165, 1.54) is 17.8 Å². The van der Waals surface area contributed by atoms with E-state index in [0.717, 1.165) is 28.0 Å². The van der Waals surface area contributed by atoms with Gasteiger partial charge in [0, 0.05) is 91.3 Å². The number of ether oxygens (including phenoxy) is 5. The van der Waals surface area contributed by atoms with Gasteiger partial charge in [-0.25, -0.2) is 4.79 Å². The maximum atomic E-state index is 13.6. The van der Waals surface area contributed by atoms with Crippen molar-refractivity contribution in [1.82, 2.24) is 15.1 Å². The summed E-state index contributed by atoms with van der Waals surface area (Å²) in [5, 5.41) is 25.3. The molecule has 6 aliphatic rings. The number of amides is 1. The van der Waals surface area contributed by atoms with E-state index in [-0.39, 0.29) is 93.9 Å². The number of esters is 1. The Morgan fingerprint density at radius 2 is 1.94 bits per heavy atom. The third kappa shape index (κ3) is 5.73. The van der Waals surface area contributed by atoms with E-state index in [1.807, 2.05) is 6.92 Å². The Morgan fingerprint density at radius 3 is 2.65 bits per heavy atom. The van der Waals surface area contributed by atoms with Crippen LogP contribution in [0.25, 0.3) is 0 Å². The quantitative estimate of drug-likeness (QED) is 0.257. The second kappa shape index (κ2) is 14.2. The van der Waals surface area contributed by atoms with Gasteiger partial charge in [0.2, 0.25) is 12.7 Å². The molecule has 7 atom stereocenters. The molecule has 0 spiro atoms. The fraction of sp³-hybridized carbons (Fsp3) is 0.514. The van der Waals surface area contributed by atoms with Gasteiger partial charge in [-0.2, -0.15) is 5.26 Å². The number of carbonyl (C=O) groups is 2. The van der Waals surface area contributed by atoms with Crippen molar-refractivity contribution in [2.45, 2.75) is 75.6 Å². The van der Waals surface area contributed by atoms with Crippen LogP contribution in [0, 0.1) is 76.2 Å². The summed E-state index contributed by atoms with van der Waals surface area (Å²) in [6, 6.07) is 1.79. The predicted octanol–water partition coefficient (Wildman–Crippen LogP) is 3.65. The number of aromatic hydroxyl groups is 1. The maximum Gasteiger partial charge on any atom is 0.329 e. The third-order valence-corrected chi connectivity index (χ3v) is 11.9. The van der Waals surface area contributed by atoms with Crippen LogP contribution < -0.4 is 19.5 Å². The fourth-order valence-corrected chi connectivity index (χ4v) is 9.84. The summed E-state index contributed by atoms with van der Waals surface area (Å²) in [7, 11) is 3.65. The zero-order valence-corrected chi connectivity index (χ0v) is 34.0. The molecule has 8 rings (SSSR count). The van der Waals surface area contributed by atoms with Crippen LogP contribution in [0.2, 0.25) is 0 Å². The molecular weight excluding hydrogens is 863 g/mol. The second-order valence-corrected chi connectivity index (χ2v) is 14.2. The Balaban J connectivity index is 0.00000417. The molecular formula is C35H40AcN4O8S. The van der Waals surface area contributed by atoms with Crippen LogP contribution in [0.1, 0.15) is 63.2 Å². The molecule has 1 unspecified atom stereocenters. The van der Waals surface area contributed by atoms with E-state index >= 15 is 0 Å². The number of carbonyl (C=O) groups excluding carboxylic acids is 2. The van der Waals surface area contributed by atoms with E-state index in [1.54, 1.807) is 27.0 Å². The molecule has 0 aromatic heterocycles. The number of benzene rings is 2. The predicted molar refractivity (Wildman–Crippen MR) is 176 cm³/mol. The summed E-state index contributed by atoms with van der Waals surface area (Å²) in [6.45, 7) is 7.58. The smallest absolute Gasteiger partial charge is 0.329 e. The summed E-state index contributed by atoms with van der Waals surface area (Å²) in [5.74, 6) is 0.994. The molecule has 4 bridgehead atoms. The number of thioether (sulfide) groups is 1. The summed E-state index contributed by atoms with van der Waals surface area (Å²) >= 11 is 1.45. The van der Waals surface area contributed by atoms with Crippen LogP contribution >= 0.6 is 11.8 Å². The average Bonchev–Trinajstić information content (AvgIpc) is 3.55. The summed E-state index contributed by atoms with van der Waals surface area (Å²) in [6.07, 6.45) is 3.59. The molecule has 14 heteroatoms. The van der Waals surface area contributed by atoms with E-state index in [2.05, 4.69) is 41.2 Å². The first-order valence-electron chi connectivity index (χ1n) is 16.1. The minimum atomic E-state index is -0.933. The monoisotopic (exact) mass is 903 g/mol. The Kier molecular flexibility index (Phi) is 10.5. The number of phenols is 1. The molecule has 2 aromatic carbocycles. The van der Waals surface area contributed by atoms with Gasteiger partial charge in [0.05, 0.1) is 23.4 Å². The van der Waals surface area contributed by atoms with Gasteiger partial charge in [-0.3, -0.25) is 14.6 Å². The summed E-state index contributed by atoms with van der Waals surface area (Å²) in [5.41, 5.74) is 6.14. The van der Waals surface area contributed by atoms with Crippen molar-refractivity contribution in [3.63, 3.8) is 0 Å². The first-order valence-corrected chi connectivity index (χ1v) is 17.2. The number of likely N-dealkylation sites (N-methyl/N-ethyl adjacent to an activating group) is 1. The number of nitriles is 1. The topological polar surface area (TPSA) is 143 Å². The van der Waals surface area contributed by atoms with Crippen LogP contribution in [0.3, 0.4) is 0 Å². The molecule has 6 aliphatic heterocycles. The van der Waals surface area contributed by atoms with Crippen LogP contribution in [0.4, 0.5) is 0 Å². The maximum absolute atomic E-state index is 13.6. The first kappa shape index (κ1) is 36.3. The Morgan fingerprint density at radius 1 is 1.18 bits per heavy atom. The number of methoxy groups -OCH3 is 1. The molecule has 257 valence electrons. The normalized spacial score (nSPS) is 28.4. The molecule has 2 aromatic rings. The SMILES string of the molecule is C/C=C/C(=O)N[C@H]1CS[C@@H]2c3c(O)c(C)c4c(c3[C@@H](COC1=O)N1C2[C@H]2c3c(cc(C)c(C)c3OCOC)C[C@@H]([C@@H]1C#N)N2C)OCO4.[Ac]. The number of piperazine rings is 1. The first-order chi connectivity index (χ1) is 23.1. The summed E-state index contributed by atoms with van der Waals surface area (Å²) < 4.78 is 29.7. The van der Waals surface area contributed by atoms with Gasteiger partial charge in [0.15, 0.2) is 18.3 Å². The van der Waals surface area contributed by atoms with Gasteiger partial charge < -0.3 is 34.1 Å². The van der Waals surface area contributed by atoms with Crippen molar-refractivity contribution in [3.05, 3.63) is 57.2 Å². The third-order valence-electron chi connectivity index (χ3n) is 10.5. The molecule has 2 N–H and O–H groups in total. The van der Waals surface area contributed by atoms with Gasteiger partial charge in [0.25, 0.3) is 0 Å². The Hall–Kier alpha value is -2.52. The number of hydrogen-bond donors (Lipinski definition) is 2. The fourth-order valence-electron chi connectivity index (χ4n) is 8.33. The van der Waals surface area contributed by atoms with E-state index in [9.17, 15) is 20.0 Å². The van der Waals surface area contributed by atoms with E-state index in [0.29, 0.717) is 34.6 Å². The number of allylic oxidation sites excluding steroid dienone is 1. The van der Waals surface area contributed by atoms with Gasteiger partial charge in [-0.05, 0) is 63.9 Å². The van der Waals surface area contributed by atoms with Gasteiger partial charge in [0.1, 0.15) is 30.2 Å². The number of phenolic OH excluding ortho intramolecular Hbond substituents is 1. The van der Waals surface area contributed by atoms with Gasteiger partial charge in [-0.1, -0.05) is 12.1 Å². The Labute approximate surface area is 325 Å². The second-order valence-electron chi connectivity index (χ2n) is 13.0. The molecule has 0 saturated carbocycles. The largest absolute Gasteiger partial charge is 0.507 e. The van der Waals surface area contributed by atoms with Gasteiger partial charge >= 0.3 is 5.97 Å². The standard InChI is InChI=1S/C35H40N4O8S.Ac/c1-7-8-24(40)37-20-13-48-34-27-26(33-32(46-15-47-33)18(4)30(27)41)23(12-44-35(20)42)39-22(11-36)21-10-19-9-16(2)17(3)31(45-14-43-6)25(19)28(29(34)39)38(21)5;/h7-9,20-23,28-29,34,41H,10,12-15H2,1-6H3,(H,37,40);/b8-7+;/t20-,21-,22-,23+,28+,29?,34+;/m0./s1. The average molecular weight is 904 g/mol. The van der Waals surface area contributed by atoms with Crippen molar-refractivity contribution < 1.29 is 82.4 Å². The van der Waals surface area contributed by atoms with Crippen LogP contribution in [-0.2, 0) is 25.5 Å². The molecule has 2 saturated heterocycles. The number of fused-ring (bicyclic) bond motifs is 10. The van der Waals surface area contributed by atoms with E-state index < -0.39 is 35.3 Å². The minimum absolute atomic E-state index is 0. The number of nitrogens with zero attached hydrogens (tertiary/aromatic N) is 3. The van der Waals surface area contributed by atoms with Crippen LogP contribution in [0.5, 0.6) is 23.0 Å². The Bertz CT molecular complexity index is 1760. The zero-order valence-electron chi connectivity index (χ0n) is 28.4. The van der Waals surface area contributed by atoms with Crippen molar-refractivity contribution >= 4 is 23.6 Å². The van der Waals surface area contributed by atoms with Crippen molar-refractivity contribution in [1.29, 1.82) is 5.26 Å². The van der Waals surface area contributed by atoms with Crippen LogP contribution in [0.15, 0.2) is 18.2 Å². The molecule has 1 radical (unpaired) electrons. The van der Waals surface area contributed by atoms with Crippen molar-refractivity contribution in [3.8, 4) is 29.1 Å². The minimum Gasteiger partial charge on any atom is -0.507 e. The molecule has 49 heavy (non-hydrogen) atoms. The number of hydrogen-bond acceptors (Lipinski definition) is 12. The number of aryl methyl sites for hydroxylation is 1. The zero-order chi connectivity index (χ0) is 34.0. The number of rotatable bonds is 5. The van der Waals surface area contributed by atoms with Crippen molar-refractivity contribution in [2.75, 3.05) is 40.1 Å². The molecule has 0 aliphatic carbocycles. The van der Waals surface area contributed by atoms with Gasteiger partial charge in [-0.15, -0.1) is 11.8 Å². The molecule has 1 amide bonds. The summed E-state index contributed by atoms with van der Waals surface area (Å²) in [4.78, 5) is 30.7. The number of nitrogens with one attached hydrogen (secondary N) is 1. The molecule has 12 nitrogen and oxygen atoms in total. The molecule has 6 heterocycles. The van der Waals surface area contributed by atoms with Crippen molar-refractivity contribution in [2.24, 2.45) is 0 Å². The molecule has 2 fully saturated rings. The van der Waals surface area contributed by atoms with Crippen LogP contribution in [-0.4, -0.2) is 91.1 Å². The van der Waals surface area contributed by atoms with E-state index in [4.69, 9.17) is 23.7 Å².